The fourth-order valence-electron chi connectivity index (χ4n) is 3.31. The minimum atomic E-state index is -0.448. The maximum atomic E-state index is 13.0. The van der Waals surface area contributed by atoms with Crippen LogP contribution in [-0.4, -0.2) is 50.3 Å². The van der Waals surface area contributed by atoms with Gasteiger partial charge in [0.15, 0.2) is 0 Å². The quantitative estimate of drug-likeness (QED) is 0.915. The average molecular weight is 304 g/mol. The van der Waals surface area contributed by atoms with E-state index in [4.69, 9.17) is 15.2 Å². The number of benzene rings is 1. The van der Waals surface area contributed by atoms with Gasteiger partial charge in [-0.3, -0.25) is 4.79 Å². The van der Waals surface area contributed by atoms with Crippen molar-refractivity contribution in [2.24, 2.45) is 11.1 Å². The van der Waals surface area contributed by atoms with E-state index in [0.29, 0.717) is 39.5 Å². The minimum Gasteiger partial charge on any atom is -0.381 e. The number of amides is 1. The molecule has 1 amide bonds. The van der Waals surface area contributed by atoms with E-state index in [1.807, 2.05) is 35.2 Å². The predicted molar refractivity (Wildman–Crippen MR) is 83.3 cm³/mol. The summed E-state index contributed by atoms with van der Waals surface area (Å²) in [7, 11) is 0. The van der Waals surface area contributed by atoms with E-state index < -0.39 is 5.41 Å². The third-order valence-electron chi connectivity index (χ3n) is 4.82. The number of carbonyl (C=O) groups is 1. The molecule has 120 valence electrons. The molecule has 0 saturated carbocycles. The number of morpholine rings is 1. The Morgan fingerprint density at radius 2 is 1.95 bits per heavy atom. The lowest BCUT2D eigenvalue weighted by Crippen LogP contribution is -2.54. The third-order valence-corrected chi connectivity index (χ3v) is 4.82. The van der Waals surface area contributed by atoms with Gasteiger partial charge in [0.2, 0.25) is 5.91 Å². The van der Waals surface area contributed by atoms with Gasteiger partial charge in [-0.2, -0.15) is 0 Å². The summed E-state index contributed by atoms with van der Waals surface area (Å²) >= 11 is 0. The van der Waals surface area contributed by atoms with Gasteiger partial charge in [0, 0.05) is 26.3 Å². The van der Waals surface area contributed by atoms with Crippen LogP contribution in [0.4, 0.5) is 0 Å². The molecular weight excluding hydrogens is 280 g/mol. The zero-order chi connectivity index (χ0) is 15.4. The second kappa shape index (κ2) is 6.77. The lowest BCUT2D eigenvalue weighted by molar-refractivity contribution is -0.154. The Hall–Kier alpha value is -1.43. The lowest BCUT2D eigenvalue weighted by Gasteiger charge is -2.41. The highest BCUT2D eigenvalue weighted by Gasteiger charge is 2.42. The molecule has 2 heterocycles. The Kier molecular flexibility index (Phi) is 4.76. The van der Waals surface area contributed by atoms with Crippen LogP contribution in [0.2, 0.25) is 0 Å². The van der Waals surface area contributed by atoms with Crippen LogP contribution in [0.1, 0.15) is 24.5 Å². The van der Waals surface area contributed by atoms with E-state index in [9.17, 15) is 4.79 Å². The zero-order valence-corrected chi connectivity index (χ0v) is 12.9. The molecule has 2 aliphatic heterocycles. The molecule has 0 aliphatic carbocycles. The monoisotopic (exact) mass is 304 g/mol. The van der Waals surface area contributed by atoms with Gasteiger partial charge in [-0.25, -0.2) is 0 Å². The first-order chi connectivity index (χ1) is 10.7. The normalized spacial score (nSPS) is 25.0. The average Bonchev–Trinajstić information content (AvgIpc) is 2.62. The molecule has 2 fully saturated rings. The topological polar surface area (TPSA) is 64.8 Å². The number of nitrogens with two attached hydrogens (primary N) is 1. The van der Waals surface area contributed by atoms with Crippen LogP contribution < -0.4 is 5.73 Å². The Morgan fingerprint density at radius 3 is 2.64 bits per heavy atom. The third kappa shape index (κ3) is 3.02. The molecule has 3 rings (SSSR count). The molecule has 2 N–H and O–H groups in total. The fourth-order valence-corrected chi connectivity index (χ4v) is 3.31. The van der Waals surface area contributed by atoms with Crippen molar-refractivity contribution in [1.82, 2.24) is 4.90 Å². The van der Waals surface area contributed by atoms with Gasteiger partial charge in [0.25, 0.3) is 0 Å². The number of hydrogen-bond donors (Lipinski definition) is 1. The maximum absolute atomic E-state index is 13.0. The van der Waals surface area contributed by atoms with Crippen molar-refractivity contribution in [2.75, 3.05) is 39.5 Å². The first-order valence-corrected chi connectivity index (χ1v) is 7.99. The molecule has 2 saturated heterocycles. The van der Waals surface area contributed by atoms with Crippen LogP contribution in [0.15, 0.2) is 30.3 Å². The lowest BCUT2D eigenvalue weighted by atomic mass is 9.78. The number of hydrogen-bond acceptors (Lipinski definition) is 4. The molecule has 1 aromatic carbocycles. The van der Waals surface area contributed by atoms with E-state index in [1.165, 1.54) is 0 Å². The summed E-state index contributed by atoms with van der Waals surface area (Å²) in [6.07, 6.45) is 1.39. The summed E-state index contributed by atoms with van der Waals surface area (Å²) in [6, 6.07) is 10.1. The van der Waals surface area contributed by atoms with E-state index in [-0.39, 0.29) is 12.0 Å². The van der Waals surface area contributed by atoms with Crippen molar-refractivity contribution in [2.45, 2.75) is 18.9 Å². The number of nitrogens with zero attached hydrogens (tertiary/aromatic N) is 1. The van der Waals surface area contributed by atoms with Crippen molar-refractivity contribution >= 4 is 5.91 Å². The molecule has 0 radical (unpaired) electrons. The highest BCUT2D eigenvalue weighted by atomic mass is 16.5. The van der Waals surface area contributed by atoms with Crippen LogP contribution in [0.3, 0.4) is 0 Å². The SMILES string of the molecule is NCC1(C(=O)N2CCOC(c3ccccc3)C2)CCOCC1. The van der Waals surface area contributed by atoms with Gasteiger partial charge < -0.3 is 20.1 Å². The van der Waals surface area contributed by atoms with Gasteiger partial charge in [0.05, 0.1) is 18.6 Å². The number of carbonyl (C=O) groups excluding carboxylic acids is 1. The van der Waals surface area contributed by atoms with Crippen LogP contribution in [0.5, 0.6) is 0 Å². The molecule has 5 heteroatoms. The van der Waals surface area contributed by atoms with Gasteiger partial charge in [0.1, 0.15) is 6.10 Å². The van der Waals surface area contributed by atoms with Crippen LogP contribution >= 0.6 is 0 Å². The van der Waals surface area contributed by atoms with E-state index in [1.54, 1.807) is 0 Å². The molecule has 0 spiro atoms. The van der Waals surface area contributed by atoms with Gasteiger partial charge >= 0.3 is 0 Å². The standard InChI is InChI=1S/C17H24N2O3/c18-13-17(6-9-21-10-7-17)16(20)19-8-11-22-15(12-19)14-4-2-1-3-5-14/h1-5,15H,6-13,18H2. The Bertz CT molecular complexity index is 500. The van der Waals surface area contributed by atoms with E-state index >= 15 is 0 Å². The fraction of sp³-hybridized carbons (Fsp3) is 0.588. The van der Waals surface area contributed by atoms with Crippen LogP contribution in [0.25, 0.3) is 0 Å². The molecule has 0 aromatic heterocycles. The van der Waals surface area contributed by atoms with Gasteiger partial charge in [-0.05, 0) is 18.4 Å². The van der Waals surface area contributed by atoms with Crippen molar-refractivity contribution in [3.8, 4) is 0 Å². The summed E-state index contributed by atoms with van der Waals surface area (Å²) in [6.45, 7) is 3.45. The van der Waals surface area contributed by atoms with Crippen molar-refractivity contribution < 1.29 is 14.3 Å². The van der Waals surface area contributed by atoms with Crippen molar-refractivity contribution in [3.05, 3.63) is 35.9 Å². The van der Waals surface area contributed by atoms with Crippen molar-refractivity contribution in [3.63, 3.8) is 0 Å². The molecule has 1 aromatic rings. The first-order valence-electron chi connectivity index (χ1n) is 7.99. The van der Waals surface area contributed by atoms with Gasteiger partial charge in [-0.1, -0.05) is 30.3 Å². The zero-order valence-electron chi connectivity index (χ0n) is 12.9. The summed E-state index contributed by atoms with van der Waals surface area (Å²) in [5, 5.41) is 0. The first kappa shape index (κ1) is 15.5. The van der Waals surface area contributed by atoms with E-state index in [0.717, 1.165) is 18.4 Å². The molecular formula is C17H24N2O3. The predicted octanol–water partition coefficient (Wildman–Crippen LogP) is 1.34. The van der Waals surface area contributed by atoms with E-state index in [2.05, 4.69) is 0 Å². The minimum absolute atomic E-state index is 0.0476. The maximum Gasteiger partial charge on any atom is 0.230 e. The highest BCUT2D eigenvalue weighted by Crippen LogP contribution is 2.33. The molecule has 22 heavy (non-hydrogen) atoms. The second-order valence-corrected chi connectivity index (χ2v) is 6.12. The molecule has 1 atom stereocenters. The highest BCUT2D eigenvalue weighted by molar-refractivity contribution is 5.83. The summed E-state index contributed by atoms with van der Waals surface area (Å²) in [5.41, 5.74) is 6.63. The molecule has 5 nitrogen and oxygen atoms in total. The van der Waals surface area contributed by atoms with Crippen LogP contribution in [0, 0.1) is 5.41 Å². The Balaban J connectivity index is 1.72. The van der Waals surface area contributed by atoms with Crippen LogP contribution in [-0.2, 0) is 14.3 Å². The summed E-state index contributed by atoms with van der Waals surface area (Å²) in [4.78, 5) is 14.9. The summed E-state index contributed by atoms with van der Waals surface area (Å²) in [5.74, 6) is 0.169. The summed E-state index contributed by atoms with van der Waals surface area (Å²) < 4.78 is 11.3. The molecule has 0 bridgehead atoms. The number of rotatable bonds is 3. The van der Waals surface area contributed by atoms with Gasteiger partial charge in [-0.15, -0.1) is 0 Å². The Labute approximate surface area is 131 Å². The largest absolute Gasteiger partial charge is 0.381 e. The molecule has 2 aliphatic rings. The number of ether oxygens (including phenoxy) is 2. The Morgan fingerprint density at radius 1 is 1.23 bits per heavy atom. The van der Waals surface area contributed by atoms with Crippen molar-refractivity contribution in [1.29, 1.82) is 0 Å². The molecule has 1 unspecified atom stereocenters. The smallest absolute Gasteiger partial charge is 0.230 e. The second-order valence-electron chi connectivity index (χ2n) is 6.12.